The molecule has 8 heavy (non-hydrogen) atoms. The molecule has 2 nitrogen and oxygen atoms in total. The van der Waals surface area contributed by atoms with Crippen molar-refractivity contribution in [2.24, 2.45) is 4.99 Å². The molecular formula is C5H11NOS. The SMILES string of the molecule is CS/C(C)=N\C(C)O. The summed E-state index contributed by atoms with van der Waals surface area (Å²) in [7, 11) is 0. The third-order valence-corrected chi connectivity index (χ3v) is 1.36. The molecular weight excluding hydrogens is 122 g/mol. The molecule has 0 bridgehead atoms. The summed E-state index contributed by atoms with van der Waals surface area (Å²) in [6.45, 7) is 3.51. The van der Waals surface area contributed by atoms with Crippen LogP contribution in [0.15, 0.2) is 4.99 Å². The van der Waals surface area contributed by atoms with Crippen molar-refractivity contribution in [2.45, 2.75) is 20.1 Å². The molecule has 1 N–H and O–H groups in total. The van der Waals surface area contributed by atoms with E-state index in [1.807, 2.05) is 13.2 Å². The Kier molecular flexibility index (Phi) is 3.91. The molecule has 1 atom stereocenters. The Balaban J connectivity index is 3.56. The van der Waals surface area contributed by atoms with Gasteiger partial charge in [0.15, 0.2) is 0 Å². The number of thioether (sulfide) groups is 1. The lowest BCUT2D eigenvalue weighted by Gasteiger charge is -1.96. The zero-order valence-electron chi connectivity index (χ0n) is 5.38. The number of hydrogen-bond acceptors (Lipinski definition) is 3. The van der Waals surface area contributed by atoms with E-state index in [1.54, 1.807) is 18.7 Å². The van der Waals surface area contributed by atoms with Gasteiger partial charge in [-0.3, -0.25) is 4.99 Å². The van der Waals surface area contributed by atoms with Crippen LogP contribution in [0.2, 0.25) is 0 Å². The zero-order chi connectivity index (χ0) is 6.57. The predicted molar refractivity (Wildman–Crippen MR) is 38.3 cm³/mol. The first-order valence-corrected chi connectivity index (χ1v) is 3.65. The lowest BCUT2D eigenvalue weighted by Crippen LogP contribution is -1.96. The van der Waals surface area contributed by atoms with Crippen molar-refractivity contribution in [1.82, 2.24) is 0 Å². The third kappa shape index (κ3) is 4.15. The number of hydrogen-bond donors (Lipinski definition) is 1. The van der Waals surface area contributed by atoms with E-state index in [0.29, 0.717) is 0 Å². The predicted octanol–water partition coefficient (Wildman–Crippen LogP) is 1.11. The lowest BCUT2D eigenvalue weighted by molar-refractivity contribution is 0.206. The Bertz CT molecular complexity index is 90.4. The molecule has 0 rings (SSSR count). The Morgan fingerprint density at radius 3 is 2.38 bits per heavy atom. The summed E-state index contributed by atoms with van der Waals surface area (Å²) in [5.74, 6) is 0. The normalized spacial score (nSPS) is 16.2. The molecule has 0 amide bonds. The second-order valence-electron chi connectivity index (χ2n) is 1.48. The average Bonchev–Trinajstić information content (AvgIpc) is 1.65. The number of aliphatic imine (C=N–C) groups is 1. The maximum Gasteiger partial charge on any atom is 0.143 e. The van der Waals surface area contributed by atoms with Crippen LogP contribution in [0, 0.1) is 0 Å². The largest absolute Gasteiger partial charge is 0.372 e. The summed E-state index contributed by atoms with van der Waals surface area (Å²) >= 11 is 1.54. The number of aliphatic hydroxyl groups excluding tert-OH is 1. The summed E-state index contributed by atoms with van der Waals surface area (Å²) in [6.07, 6.45) is 1.38. The van der Waals surface area contributed by atoms with Gasteiger partial charge in [-0.15, -0.1) is 11.8 Å². The Hall–Kier alpha value is -0.0200. The van der Waals surface area contributed by atoms with Crippen molar-refractivity contribution >= 4 is 16.8 Å². The van der Waals surface area contributed by atoms with Gasteiger partial charge in [0, 0.05) is 0 Å². The standard InChI is InChI=1S/C5H11NOS/c1-4(7)6-5(2)8-3/h4,7H,1-3H3/b6-5-. The minimum absolute atomic E-state index is 0.553. The quantitative estimate of drug-likeness (QED) is 0.429. The monoisotopic (exact) mass is 133 g/mol. The van der Waals surface area contributed by atoms with E-state index in [2.05, 4.69) is 4.99 Å². The first kappa shape index (κ1) is 7.98. The summed E-state index contributed by atoms with van der Waals surface area (Å²) in [5, 5.41) is 9.57. The third-order valence-electron chi connectivity index (χ3n) is 0.664. The van der Waals surface area contributed by atoms with E-state index in [-0.39, 0.29) is 0 Å². The summed E-state index contributed by atoms with van der Waals surface area (Å²) in [4.78, 5) is 3.83. The van der Waals surface area contributed by atoms with Crippen LogP contribution in [0.3, 0.4) is 0 Å². The van der Waals surface area contributed by atoms with Gasteiger partial charge in [-0.05, 0) is 20.1 Å². The van der Waals surface area contributed by atoms with E-state index >= 15 is 0 Å². The van der Waals surface area contributed by atoms with Gasteiger partial charge in [0.1, 0.15) is 6.23 Å². The maximum atomic E-state index is 8.65. The van der Waals surface area contributed by atoms with Crippen LogP contribution < -0.4 is 0 Å². The van der Waals surface area contributed by atoms with Crippen LogP contribution in [0.25, 0.3) is 0 Å². The van der Waals surface area contributed by atoms with Crippen LogP contribution in [0.4, 0.5) is 0 Å². The molecule has 0 aliphatic heterocycles. The Labute approximate surface area is 54.0 Å². The molecule has 0 aromatic heterocycles. The first-order chi connectivity index (χ1) is 3.66. The smallest absolute Gasteiger partial charge is 0.143 e. The van der Waals surface area contributed by atoms with Gasteiger partial charge in [0.2, 0.25) is 0 Å². The fraction of sp³-hybridized carbons (Fsp3) is 0.800. The van der Waals surface area contributed by atoms with Crippen LogP contribution >= 0.6 is 11.8 Å². The molecule has 0 aliphatic carbocycles. The molecule has 3 heteroatoms. The molecule has 0 radical (unpaired) electrons. The van der Waals surface area contributed by atoms with Gasteiger partial charge in [-0.2, -0.15) is 0 Å². The van der Waals surface area contributed by atoms with Gasteiger partial charge >= 0.3 is 0 Å². The first-order valence-electron chi connectivity index (χ1n) is 2.43. The van der Waals surface area contributed by atoms with E-state index in [4.69, 9.17) is 5.11 Å². The second kappa shape index (κ2) is 3.92. The lowest BCUT2D eigenvalue weighted by atomic mass is 10.7. The highest BCUT2D eigenvalue weighted by Gasteiger charge is 1.88. The van der Waals surface area contributed by atoms with Gasteiger partial charge < -0.3 is 5.11 Å². The maximum absolute atomic E-state index is 8.65. The molecule has 0 fully saturated rings. The van der Waals surface area contributed by atoms with Crippen molar-refractivity contribution in [3.63, 3.8) is 0 Å². The summed E-state index contributed by atoms with van der Waals surface area (Å²) < 4.78 is 0. The summed E-state index contributed by atoms with van der Waals surface area (Å²) in [6, 6.07) is 0. The molecule has 48 valence electrons. The summed E-state index contributed by atoms with van der Waals surface area (Å²) in [5.41, 5.74) is 0. The van der Waals surface area contributed by atoms with Crippen LogP contribution in [0.5, 0.6) is 0 Å². The van der Waals surface area contributed by atoms with Gasteiger partial charge in [0.05, 0.1) is 5.04 Å². The van der Waals surface area contributed by atoms with Gasteiger partial charge in [-0.1, -0.05) is 0 Å². The van der Waals surface area contributed by atoms with E-state index in [1.165, 1.54) is 0 Å². The Morgan fingerprint density at radius 1 is 1.75 bits per heavy atom. The minimum atomic E-state index is -0.553. The minimum Gasteiger partial charge on any atom is -0.372 e. The van der Waals surface area contributed by atoms with Crippen molar-refractivity contribution in [3.8, 4) is 0 Å². The second-order valence-corrected chi connectivity index (χ2v) is 2.48. The molecule has 0 spiro atoms. The van der Waals surface area contributed by atoms with Crippen LogP contribution in [0.1, 0.15) is 13.8 Å². The highest BCUT2D eigenvalue weighted by Crippen LogP contribution is 1.97. The van der Waals surface area contributed by atoms with E-state index in [0.717, 1.165) is 5.04 Å². The fourth-order valence-electron chi connectivity index (χ4n) is 0.316. The van der Waals surface area contributed by atoms with Crippen molar-refractivity contribution in [3.05, 3.63) is 0 Å². The highest BCUT2D eigenvalue weighted by molar-refractivity contribution is 8.13. The Morgan fingerprint density at radius 2 is 2.25 bits per heavy atom. The van der Waals surface area contributed by atoms with Crippen LogP contribution in [-0.4, -0.2) is 22.6 Å². The average molecular weight is 133 g/mol. The molecule has 0 aliphatic rings. The van der Waals surface area contributed by atoms with Gasteiger partial charge in [0.25, 0.3) is 0 Å². The van der Waals surface area contributed by atoms with E-state index in [9.17, 15) is 0 Å². The highest BCUT2D eigenvalue weighted by atomic mass is 32.2. The number of aliphatic hydroxyl groups is 1. The number of nitrogens with zero attached hydrogens (tertiary/aromatic N) is 1. The molecule has 0 saturated carbocycles. The van der Waals surface area contributed by atoms with Crippen molar-refractivity contribution in [1.29, 1.82) is 0 Å². The zero-order valence-corrected chi connectivity index (χ0v) is 6.20. The molecule has 0 aromatic rings. The van der Waals surface area contributed by atoms with Crippen LogP contribution in [-0.2, 0) is 0 Å². The topological polar surface area (TPSA) is 32.6 Å². The number of rotatable bonds is 1. The fourth-order valence-corrected chi connectivity index (χ4v) is 0.574. The molecule has 0 heterocycles. The van der Waals surface area contributed by atoms with Crippen molar-refractivity contribution in [2.75, 3.05) is 6.26 Å². The van der Waals surface area contributed by atoms with Gasteiger partial charge in [-0.25, -0.2) is 0 Å². The molecule has 1 unspecified atom stereocenters. The van der Waals surface area contributed by atoms with E-state index < -0.39 is 6.23 Å². The van der Waals surface area contributed by atoms with Crippen molar-refractivity contribution < 1.29 is 5.11 Å². The molecule has 0 aromatic carbocycles. The molecule has 0 saturated heterocycles.